The van der Waals surface area contributed by atoms with Gasteiger partial charge < -0.3 is 10.3 Å². The first-order valence-electron chi connectivity index (χ1n) is 6.52. The average molecular weight is 254 g/mol. The van der Waals surface area contributed by atoms with Gasteiger partial charge in [-0.2, -0.15) is 5.10 Å². The summed E-state index contributed by atoms with van der Waals surface area (Å²) < 4.78 is 4.13. The number of nitrogens with zero attached hydrogens (tertiary/aromatic N) is 3. The van der Waals surface area contributed by atoms with Gasteiger partial charge in [-0.3, -0.25) is 4.68 Å². The molecule has 4 nitrogen and oxygen atoms in total. The number of fused-ring (bicyclic) bond motifs is 1. The Kier molecular flexibility index (Phi) is 2.78. The van der Waals surface area contributed by atoms with E-state index < -0.39 is 0 Å². The lowest BCUT2D eigenvalue weighted by molar-refractivity contribution is 0.524. The SMILES string of the molecule is CC(C)n1ccc(Cn2ccc3cccc(N)c32)n1. The highest BCUT2D eigenvalue weighted by atomic mass is 15.3. The first-order valence-corrected chi connectivity index (χ1v) is 6.52. The Morgan fingerprint density at radius 1 is 1.16 bits per heavy atom. The Bertz CT molecular complexity index is 706. The molecule has 0 radical (unpaired) electrons. The lowest BCUT2D eigenvalue weighted by atomic mass is 10.2. The highest BCUT2D eigenvalue weighted by Gasteiger charge is 2.07. The summed E-state index contributed by atoms with van der Waals surface area (Å²) in [6, 6.07) is 10.5. The van der Waals surface area contributed by atoms with E-state index in [1.54, 1.807) is 0 Å². The minimum absolute atomic E-state index is 0.389. The number of benzene rings is 1. The minimum Gasteiger partial charge on any atom is -0.397 e. The van der Waals surface area contributed by atoms with E-state index in [0.29, 0.717) is 6.04 Å². The van der Waals surface area contributed by atoms with Crippen LogP contribution in [0.25, 0.3) is 10.9 Å². The lowest BCUT2D eigenvalue weighted by Crippen LogP contribution is -2.04. The summed E-state index contributed by atoms with van der Waals surface area (Å²) in [5.41, 5.74) is 9.01. The van der Waals surface area contributed by atoms with Gasteiger partial charge in [0.25, 0.3) is 0 Å². The van der Waals surface area contributed by atoms with E-state index in [2.05, 4.69) is 47.9 Å². The van der Waals surface area contributed by atoms with Crippen LogP contribution in [0, 0.1) is 0 Å². The summed E-state index contributed by atoms with van der Waals surface area (Å²) in [4.78, 5) is 0. The smallest absolute Gasteiger partial charge is 0.0821 e. The second-order valence-electron chi connectivity index (χ2n) is 5.11. The fraction of sp³-hybridized carbons (Fsp3) is 0.267. The van der Waals surface area contributed by atoms with Crippen molar-refractivity contribution in [3.05, 3.63) is 48.4 Å². The normalized spacial score (nSPS) is 11.5. The molecule has 3 aromatic rings. The van der Waals surface area contributed by atoms with Gasteiger partial charge in [0.05, 0.1) is 23.4 Å². The van der Waals surface area contributed by atoms with Gasteiger partial charge in [0.2, 0.25) is 0 Å². The van der Waals surface area contributed by atoms with Crippen molar-refractivity contribution in [2.45, 2.75) is 26.4 Å². The molecule has 0 atom stereocenters. The van der Waals surface area contributed by atoms with Crippen molar-refractivity contribution in [1.82, 2.24) is 14.3 Å². The molecule has 0 aliphatic carbocycles. The molecule has 0 aliphatic rings. The second-order valence-corrected chi connectivity index (χ2v) is 5.11. The standard InChI is InChI=1S/C15H18N4/c1-11(2)19-9-7-13(17-19)10-18-8-6-12-4-3-5-14(16)15(12)18/h3-9,11H,10,16H2,1-2H3. The number of nitrogens with two attached hydrogens (primary N) is 1. The third-order valence-corrected chi connectivity index (χ3v) is 3.34. The van der Waals surface area contributed by atoms with Crippen LogP contribution in [0.2, 0.25) is 0 Å². The van der Waals surface area contributed by atoms with Gasteiger partial charge in [-0.15, -0.1) is 0 Å². The van der Waals surface area contributed by atoms with E-state index in [-0.39, 0.29) is 0 Å². The van der Waals surface area contributed by atoms with Crippen LogP contribution in [-0.2, 0) is 6.54 Å². The molecule has 2 N–H and O–H groups in total. The van der Waals surface area contributed by atoms with Gasteiger partial charge in [0, 0.05) is 23.8 Å². The number of nitrogen functional groups attached to an aromatic ring is 1. The molecule has 2 aromatic heterocycles. The summed E-state index contributed by atoms with van der Waals surface area (Å²) in [7, 11) is 0. The maximum absolute atomic E-state index is 6.06. The average Bonchev–Trinajstić information content (AvgIpc) is 2.98. The highest BCUT2D eigenvalue weighted by molar-refractivity contribution is 5.90. The van der Waals surface area contributed by atoms with Gasteiger partial charge in [0.15, 0.2) is 0 Å². The molecule has 19 heavy (non-hydrogen) atoms. The van der Waals surface area contributed by atoms with Crippen molar-refractivity contribution in [2.75, 3.05) is 5.73 Å². The third-order valence-electron chi connectivity index (χ3n) is 3.34. The molecular weight excluding hydrogens is 236 g/mol. The molecule has 98 valence electrons. The third kappa shape index (κ3) is 2.10. The van der Waals surface area contributed by atoms with Crippen molar-refractivity contribution < 1.29 is 0 Å². The van der Waals surface area contributed by atoms with Crippen LogP contribution in [0.1, 0.15) is 25.6 Å². The molecule has 0 spiro atoms. The minimum atomic E-state index is 0.389. The van der Waals surface area contributed by atoms with Crippen LogP contribution in [0.4, 0.5) is 5.69 Å². The largest absolute Gasteiger partial charge is 0.397 e. The topological polar surface area (TPSA) is 48.8 Å². The van der Waals surface area contributed by atoms with Gasteiger partial charge in [-0.1, -0.05) is 12.1 Å². The summed E-state index contributed by atoms with van der Waals surface area (Å²) in [5, 5.41) is 5.75. The number of rotatable bonds is 3. The second kappa shape index (κ2) is 4.46. The molecule has 0 bridgehead atoms. The summed E-state index contributed by atoms with van der Waals surface area (Å²) in [5.74, 6) is 0. The van der Waals surface area contributed by atoms with Gasteiger partial charge in [0.1, 0.15) is 0 Å². The van der Waals surface area contributed by atoms with Crippen LogP contribution >= 0.6 is 0 Å². The molecule has 0 saturated heterocycles. The monoisotopic (exact) mass is 254 g/mol. The Hall–Kier alpha value is -2.23. The van der Waals surface area contributed by atoms with E-state index in [1.807, 2.05) is 23.0 Å². The molecule has 0 fully saturated rings. The number of anilines is 1. The van der Waals surface area contributed by atoms with E-state index >= 15 is 0 Å². The van der Waals surface area contributed by atoms with Crippen LogP contribution in [0.3, 0.4) is 0 Å². The first kappa shape index (κ1) is 11.8. The molecule has 0 unspecified atom stereocenters. The number of para-hydroxylation sites is 1. The molecular formula is C15H18N4. The fourth-order valence-electron chi connectivity index (χ4n) is 2.35. The Labute approximate surface area is 112 Å². The molecule has 1 aromatic carbocycles. The quantitative estimate of drug-likeness (QED) is 0.730. The predicted octanol–water partition coefficient (Wildman–Crippen LogP) is 3.05. The fourth-order valence-corrected chi connectivity index (χ4v) is 2.35. The maximum atomic E-state index is 6.06. The number of hydrogen-bond donors (Lipinski definition) is 1. The first-order chi connectivity index (χ1) is 9.15. The molecule has 0 saturated carbocycles. The van der Waals surface area contributed by atoms with Gasteiger partial charge in [-0.05, 0) is 32.0 Å². The van der Waals surface area contributed by atoms with Crippen molar-refractivity contribution >= 4 is 16.6 Å². The highest BCUT2D eigenvalue weighted by Crippen LogP contribution is 2.22. The summed E-state index contributed by atoms with van der Waals surface area (Å²) in [6.45, 7) is 5.00. The van der Waals surface area contributed by atoms with Crippen LogP contribution in [0.15, 0.2) is 42.7 Å². The molecule has 3 rings (SSSR count). The summed E-state index contributed by atoms with van der Waals surface area (Å²) >= 11 is 0. The van der Waals surface area contributed by atoms with Crippen molar-refractivity contribution in [2.24, 2.45) is 0 Å². The zero-order valence-corrected chi connectivity index (χ0v) is 11.2. The molecule has 0 aliphatic heterocycles. The molecule has 2 heterocycles. The number of aromatic nitrogens is 3. The van der Waals surface area contributed by atoms with E-state index in [1.165, 1.54) is 5.39 Å². The Balaban J connectivity index is 1.96. The summed E-state index contributed by atoms with van der Waals surface area (Å²) in [6.07, 6.45) is 4.09. The Morgan fingerprint density at radius 2 is 2.00 bits per heavy atom. The van der Waals surface area contributed by atoms with Crippen molar-refractivity contribution in [1.29, 1.82) is 0 Å². The lowest BCUT2D eigenvalue weighted by Gasteiger charge is -2.06. The van der Waals surface area contributed by atoms with Crippen LogP contribution in [-0.4, -0.2) is 14.3 Å². The van der Waals surface area contributed by atoms with E-state index in [0.717, 1.165) is 23.4 Å². The molecule has 4 heteroatoms. The zero-order chi connectivity index (χ0) is 13.4. The number of hydrogen-bond acceptors (Lipinski definition) is 2. The van der Waals surface area contributed by atoms with Crippen molar-refractivity contribution in [3.8, 4) is 0 Å². The molecule has 0 amide bonds. The Morgan fingerprint density at radius 3 is 2.74 bits per heavy atom. The van der Waals surface area contributed by atoms with Gasteiger partial charge >= 0.3 is 0 Å². The van der Waals surface area contributed by atoms with Crippen molar-refractivity contribution in [3.63, 3.8) is 0 Å². The zero-order valence-electron chi connectivity index (χ0n) is 11.2. The maximum Gasteiger partial charge on any atom is 0.0821 e. The van der Waals surface area contributed by atoms with E-state index in [4.69, 9.17) is 5.73 Å². The van der Waals surface area contributed by atoms with Crippen LogP contribution < -0.4 is 5.73 Å². The van der Waals surface area contributed by atoms with Crippen LogP contribution in [0.5, 0.6) is 0 Å². The van der Waals surface area contributed by atoms with E-state index in [9.17, 15) is 0 Å². The predicted molar refractivity (Wildman–Crippen MR) is 78.1 cm³/mol. The van der Waals surface area contributed by atoms with Gasteiger partial charge in [-0.25, -0.2) is 0 Å².